The Hall–Kier alpha value is -2.20. The lowest BCUT2D eigenvalue weighted by Crippen LogP contribution is -1.84. The van der Waals surface area contributed by atoms with Crippen LogP contribution < -0.4 is 0 Å². The second-order valence-electron chi connectivity index (χ2n) is 5.33. The van der Waals surface area contributed by atoms with Crippen LogP contribution in [0.25, 0.3) is 16.9 Å². The lowest BCUT2D eigenvalue weighted by Gasteiger charge is -2.01. The van der Waals surface area contributed by atoms with Crippen molar-refractivity contribution in [1.29, 1.82) is 0 Å². The van der Waals surface area contributed by atoms with Crippen molar-refractivity contribution >= 4 is 33.6 Å². The maximum atomic E-state index is 4.75. The van der Waals surface area contributed by atoms with E-state index in [0.717, 1.165) is 39.2 Å². The van der Waals surface area contributed by atoms with Gasteiger partial charge in [-0.3, -0.25) is 4.40 Å². The van der Waals surface area contributed by atoms with Gasteiger partial charge >= 0.3 is 0 Å². The van der Waals surface area contributed by atoms with Gasteiger partial charge in [0.05, 0.1) is 0 Å². The van der Waals surface area contributed by atoms with E-state index in [1.54, 1.807) is 0 Å². The first-order chi connectivity index (χ1) is 11.2. The van der Waals surface area contributed by atoms with Crippen LogP contribution in [-0.4, -0.2) is 15.6 Å². The quantitative estimate of drug-likeness (QED) is 0.534. The van der Waals surface area contributed by atoms with E-state index in [0.29, 0.717) is 0 Å². The summed E-state index contributed by atoms with van der Waals surface area (Å²) in [5.74, 6) is 0.853. The predicted octanol–water partition coefficient (Wildman–Crippen LogP) is 5.82. The van der Waals surface area contributed by atoms with Crippen LogP contribution in [-0.2, 0) is 0 Å². The largest absolute Gasteiger partial charge is 0.284 e. The summed E-state index contributed by atoms with van der Waals surface area (Å²) in [6, 6.07) is 14.1. The molecule has 3 rings (SSSR count). The molecule has 23 heavy (non-hydrogen) atoms. The van der Waals surface area contributed by atoms with E-state index >= 15 is 0 Å². The number of aromatic nitrogens is 2. The summed E-state index contributed by atoms with van der Waals surface area (Å²) < 4.78 is 3.07. The normalized spacial score (nSPS) is 12.4. The summed E-state index contributed by atoms with van der Waals surface area (Å²) in [5, 5.41) is 0. The summed E-state index contributed by atoms with van der Waals surface area (Å²) in [6.45, 7) is 4.19. The number of benzene rings is 1. The Morgan fingerprint density at radius 1 is 1.22 bits per heavy atom. The minimum absolute atomic E-state index is 0.853. The first kappa shape index (κ1) is 15.7. The highest BCUT2D eigenvalue weighted by Crippen LogP contribution is 2.31. The minimum Gasteiger partial charge on any atom is -0.284 e. The molecule has 0 saturated heterocycles. The number of rotatable bonds is 4. The molecule has 3 nitrogen and oxygen atoms in total. The number of hydrogen-bond donors (Lipinski definition) is 0. The highest BCUT2D eigenvalue weighted by atomic mass is 79.9. The summed E-state index contributed by atoms with van der Waals surface area (Å²) in [5.41, 5.74) is 4.00. The molecule has 0 aliphatic carbocycles. The summed E-state index contributed by atoms with van der Waals surface area (Å²) in [7, 11) is 0. The molecule has 2 heterocycles. The van der Waals surface area contributed by atoms with Crippen molar-refractivity contribution in [3.63, 3.8) is 0 Å². The van der Waals surface area contributed by atoms with Crippen molar-refractivity contribution in [2.45, 2.75) is 20.3 Å². The zero-order valence-corrected chi connectivity index (χ0v) is 14.8. The van der Waals surface area contributed by atoms with E-state index in [-0.39, 0.29) is 0 Å². The number of nitrogens with zero attached hydrogens (tertiary/aromatic N) is 3. The average molecular weight is 368 g/mol. The number of aliphatic imine (C=N–C) groups is 1. The smallest absolute Gasteiger partial charge is 0.165 e. The van der Waals surface area contributed by atoms with Gasteiger partial charge in [0.15, 0.2) is 5.82 Å². The molecular weight excluding hydrogens is 350 g/mol. The van der Waals surface area contributed by atoms with E-state index in [2.05, 4.69) is 48.0 Å². The monoisotopic (exact) mass is 367 g/mol. The van der Waals surface area contributed by atoms with Crippen molar-refractivity contribution in [1.82, 2.24) is 9.38 Å². The minimum atomic E-state index is 0.853. The fraction of sp³-hybridized carbons (Fsp3) is 0.158. The maximum absolute atomic E-state index is 4.75. The van der Waals surface area contributed by atoms with Crippen molar-refractivity contribution in [3.05, 3.63) is 64.8 Å². The third kappa shape index (κ3) is 3.42. The molecule has 1 aromatic carbocycles. The van der Waals surface area contributed by atoms with Gasteiger partial charge in [0.1, 0.15) is 11.3 Å². The Morgan fingerprint density at radius 3 is 2.74 bits per heavy atom. The molecule has 0 spiro atoms. The Bertz CT molecular complexity index is 873. The van der Waals surface area contributed by atoms with Crippen LogP contribution >= 0.6 is 15.9 Å². The number of hydrogen-bond acceptors (Lipinski definition) is 2. The van der Waals surface area contributed by atoms with Gasteiger partial charge in [0.2, 0.25) is 0 Å². The standard InChI is InChI=1S/C19H18BrN3/c1-3-6-14(2)13-21-19-18(15-8-10-16(20)11-9-15)22-17-7-4-5-12-23(17)19/h4-13H,3H2,1-2H3/b14-6+,21-13+. The van der Waals surface area contributed by atoms with Crippen LogP contribution in [0.1, 0.15) is 20.3 Å². The predicted molar refractivity (Wildman–Crippen MR) is 101 cm³/mol. The average Bonchev–Trinajstić information content (AvgIpc) is 2.92. The Morgan fingerprint density at radius 2 is 2.00 bits per heavy atom. The highest BCUT2D eigenvalue weighted by Gasteiger charge is 2.12. The van der Waals surface area contributed by atoms with Crippen molar-refractivity contribution in [2.24, 2.45) is 4.99 Å². The van der Waals surface area contributed by atoms with Gasteiger partial charge in [-0.15, -0.1) is 0 Å². The molecule has 0 N–H and O–H groups in total. The number of fused-ring (bicyclic) bond motifs is 1. The van der Waals surface area contributed by atoms with Crippen LogP contribution in [0.2, 0.25) is 0 Å². The molecule has 0 aliphatic rings. The zero-order chi connectivity index (χ0) is 16.2. The molecule has 4 heteroatoms. The van der Waals surface area contributed by atoms with Gasteiger partial charge in [-0.05, 0) is 43.2 Å². The fourth-order valence-electron chi connectivity index (χ4n) is 2.45. The second kappa shape index (κ2) is 6.92. The summed E-state index contributed by atoms with van der Waals surface area (Å²) in [6.07, 6.45) is 7.06. The number of pyridine rings is 1. The topological polar surface area (TPSA) is 29.7 Å². The van der Waals surface area contributed by atoms with Crippen LogP contribution in [0.5, 0.6) is 0 Å². The third-order valence-electron chi connectivity index (χ3n) is 3.54. The van der Waals surface area contributed by atoms with E-state index in [1.807, 2.05) is 47.1 Å². The van der Waals surface area contributed by atoms with E-state index in [9.17, 15) is 0 Å². The van der Waals surface area contributed by atoms with Crippen LogP contribution in [0.3, 0.4) is 0 Å². The summed E-state index contributed by atoms with van der Waals surface area (Å²) in [4.78, 5) is 9.46. The Kier molecular flexibility index (Phi) is 4.72. The maximum Gasteiger partial charge on any atom is 0.165 e. The van der Waals surface area contributed by atoms with Gasteiger partial charge in [0.25, 0.3) is 0 Å². The molecular formula is C19H18BrN3. The van der Waals surface area contributed by atoms with Gasteiger partial charge in [-0.1, -0.05) is 47.1 Å². The molecule has 116 valence electrons. The molecule has 2 aromatic heterocycles. The van der Waals surface area contributed by atoms with Crippen molar-refractivity contribution < 1.29 is 0 Å². The lowest BCUT2D eigenvalue weighted by molar-refractivity contribution is 1.17. The van der Waals surface area contributed by atoms with Crippen LogP contribution in [0.15, 0.2) is 69.8 Å². The molecule has 3 aromatic rings. The van der Waals surface area contributed by atoms with Gasteiger partial charge in [-0.25, -0.2) is 9.98 Å². The van der Waals surface area contributed by atoms with Crippen molar-refractivity contribution in [3.8, 4) is 11.3 Å². The van der Waals surface area contributed by atoms with Crippen LogP contribution in [0, 0.1) is 0 Å². The lowest BCUT2D eigenvalue weighted by atomic mass is 10.1. The number of allylic oxidation sites excluding steroid dienone is 2. The Balaban J connectivity index is 2.15. The van der Waals surface area contributed by atoms with Gasteiger partial charge in [-0.2, -0.15) is 0 Å². The molecule has 0 bridgehead atoms. The highest BCUT2D eigenvalue weighted by molar-refractivity contribution is 9.10. The summed E-state index contributed by atoms with van der Waals surface area (Å²) >= 11 is 3.48. The first-order valence-electron chi connectivity index (χ1n) is 7.63. The number of imidazole rings is 1. The molecule has 0 unspecified atom stereocenters. The molecule has 0 atom stereocenters. The Labute approximate surface area is 144 Å². The van der Waals surface area contributed by atoms with Crippen molar-refractivity contribution in [2.75, 3.05) is 0 Å². The molecule has 0 amide bonds. The van der Waals surface area contributed by atoms with Gasteiger partial charge < -0.3 is 0 Å². The second-order valence-corrected chi connectivity index (χ2v) is 6.25. The third-order valence-corrected chi connectivity index (χ3v) is 4.07. The number of halogens is 1. The fourth-order valence-corrected chi connectivity index (χ4v) is 2.71. The van der Waals surface area contributed by atoms with E-state index in [1.165, 1.54) is 0 Å². The van der Waals surface area contributed by atoms with Gasteiger partial charge in [0, 0.05) is 22.4 Å². The molecule has 0 radical (unpaired) electrons. The molecule has 0 aliphatic heterocycles. The zero-order valence-electron chi connectivity index (χ0n) is 13.2. The molecule has 0 fully saturated rings. The SMILES string of the molecule is CC/C=C(C)/C=N/c1c(-c2ccc(Br)cc2)nc2ccccn12. The van der Waals surface area contributed by atoms with E-state index in [4.69, 9.17) is 9.98 Å². The first-order valence-corrected chi connectivity index (χ1v) is 8.42. The van der Waals surface area contributed by atoms with Crippen LogP contribution in [0.4, 0.5) is 5.82 Å². The van der Waals surface area contributed by atoms with E-state index < -0.39 is 0 Å². The molecule has 0 saturated carbocycles.